The van der Waals surface area contributed by atoms with Gasteiger partial charge < -0.3 is 10.6 Å². The Morgan fingerprint density at radius 3 is 2.81 bits per heavy atom. The molecule has 1 aromatic carbocycles. The second-order valence-corrected chi connectivity index (χ2v) is 6.86. The number of carbonyl (C=O) groups excluding carboxylic acids is 1. The van der Waals surface area contributed by atoms with Crippen LogP contribution in [0.3, 0.4) is 0 Å². The van der Waals surface area contributed by atoms with Crippen molar-refractivity contribution >= 4 is 16.9 Å². The summed E-state index contributed by atoms with van der Waals surface area (Å²) in [6, 6.07) is 11.9. The van der Waals surface area contributed by atoms with Gasteiger partial charge in [-0.05, 0) is 25.8 Å². The van der Waals surface area contributed by atoms with E-state index in [1.54, 1.807) is 4.68 Å². The highest BCUT2D eigenvalue weighted by molar-refractivity contribution is 6.07. The molecule has 3 aromatic rings. The maximum absolute atomic E-state index is 13.4. The summed E-state index contributed by atoms with van der Waals surface area (Å²) < 4.78 is 1.75. The van der Waals surface area contributed by atoms with E-state index in [-0.39, 0.29) is 11.9 Å². The zero-order chi connectivity index (χ0) is 18.3. The fraction of sp³-hybridized carbons (Fsp3) is 0.350. The minimum atomic E-state index is 0.0265. The van der Waals surface area contributed by atoms with E-state index < -0.39 is 0 Å². The van der Waals surface area contributed by atoms with E-state index >= 15 is 0 Å². The molecule has 2 aromatic heterocycles. The molecule has 1 fully saturated rings. The first-order chi connectivity index (χ1) is 12.6. The van der Waals surface area contributed by atoms with Crippen molar-refractivity contribution in [3.05, 3.63) is 47.7 Å². The predicted octanol–water partition coefficient (Wildman–Crippen LogP) is 2.51. The van der Waals surface area contributed by atoms with Crippen LogP contribution in [0.5, 0.6) is 0 Å². The summed E-state index contributed by atoms with van der Waals surface area (Å²) in [6.07, 6.45) is 1.97. The molecule has 1 aliphatic heterocycles. The number of hydrogen-bond acceptors (Lipinski definition) is 4. The van der Waals surface area contributed by atoms with Crippen molar-refractivity contribution in [1.82, 2.24) is 19.7 Å². The molecule has 0 radical (unpaired) electrons. The van der Waals surface area contributed by atoms with Crippen LogP contribution in [-0.4, -0.2) is 44.7 Å². The fourth-order valence-corrected chi connectivity index (χ4v) is 3.87. The Balaban J connectivity index is 1.91. The summed E-state index contributed by atoms with van der Waals surface area (Å²) in [7, 11) is 1.86. The van der Waals surface area contributed by atoms with Gasteiger partial charge in [0.25, 0.3) is 5.91 Å². The van der Waals surface area contributed by atoms with Gasteiger partial charge in [0.05, 0.1) is 22.3 Å². The number of amides is 1. The number of aromatic nitrogens is 3. The highest BCUT2D eigenvalue weighted by Crippen LogP contribution is 2.29. The highest BCUT2D eigenvalue weighted by Gasteiger charge is 2.30. The minimum Gasteiger partial charge on any atom is -0.334 e. The van der Waals surface area contributed by atoms with Crippen molar-refractivity contribution in [3.8, 4) is 11.3 Å². The van der Waals surface area contributed by atoms with Crippen LogP contribution in [0.1, 0.15) is 28.9 Å². The molecule has 6 nitrogen and oxygen atoms in total. The van der Waals surface area contributed by atoms with Crippen molar-refractivity contribution in [1.29, 1.82) is 0 Å². The maximum atomic E-state index is 13.4. The lowest BCUT2D eigenvalue weighted by Crippen LogP contribution is -2.40. The summed E-state index contributed by atoms with van der Waals surface area (Å²) in [6.45, 7) is 3.18. The van der Waals surface area contributed by atoms with E-state index in [0.29, 0.717) is 12.1 Å². The molecule has 0 spiro atoms. The van der Waals surface area contributed by atoms with Gasteiger partial charge in [0.15, 0.2) is 5.65 Å². The Bertz CT molecular complexity index is 963. The molecule has 1 saturated heterocycles. The van der Waals surface area contributed by atoms with Gasteiger partial charge in [-0.3, -0.25) is 9.48 Å². The zero-order valence-corrected chi connectivity index (χ0v) is 15.1. The summed E-state index contributed by atoms with van der Waals surface area (Å²) in [5.74, 6) is 0.0265. The van der Waals surface area contributed by atoms with Crippen LogP contribution in [0.25, 0.3) is 22.3 Å². The molecule has 0 bridgehead atoms. The molecule has 1 aliphatic rings. The smallest absolute Gasteiger partial charge is 0.255 e. The molecule has 0 saturated carbocycles. The first kappa shape index (κ1) is 16.7. The number of likely N-dealkylation sites (tertiary alicyclic amines) is 1. The third-order valence-corrected chi connectivity index (χ3v) is 5.18. The first-order valence-electron chi connectivity index (χ1n) is 9.01. The van der Waals surface area contributed by atoms with Crippen molar-refractivity contribution in [3.63, 3.8) is 0 Å². The Morgan fingerprint density at radius 1 is 1.31 bits per heavy atom. The number of fused-ring (bicyclic) bond motifs is 1. The average Bonchev–Trinajstić information content (AvgIpc) is 3.26. The van der Waals surface area contributed by atoms with Gasteiger partial charge in [-0.15, -0.1) is 0 Å². The molecule has 3 heterocycles. The largest absolute Gasteiger partial charge is 0.334 e. The van der Waals surface area contributed by atoms with Crippen molar-refractivity contribution in [2.24, 2.45) is 12.8 Å². The zero-order valence-electron chi connectivity index (χ0n) is 15.1. The second-order valence-electron chi connectivity index (χ2n) is 6.86. The predicted molar refractivity (Wildman–Crippen MR) is 102 cm³/mol. The summed E-state index contributed by atoms with van der Waals surface area (Å²) in [5.41, 5.74) is 9.87. The molecule has 0 unspecified atom stereocenters. The van der Waals surface area contributed by atoms with Gasteiger partial charge in [-0.1, -0.05) is 30.3 Å². The SMILES string of the molecule is Cc1nn(C)c2nc(-c3ccccc3)cc(C(=O)N3CCC[C@H]3CN)c12. The van der Waals surface area contributed by atoms with Crippen LogP contribution in [0.15, 0.2) is 36.4 Å². The number of nitrogens with two attached hydrogens (primary N) is 1. The van der Waals surface area contributed by atoms with Crippen LogP contribution in [0, 0.1) is 6.92 Å². The van der Waals surface area contributed by atoms with E-state index in [9.17, 15) is 4.79 Å². The van der Waals surface area contributed by atoms with Gasteiger partial charge in [0.1, 0.15) is 0 Å². The first-order valence-corrected chi connectivity index (χ1v) is 9.01. The number of nitrogens with zero attached hydrogens (tertiary/aromatic N) is 4. The van der Waals surface area contributed by atoms with Gasteiger partial charge in [-0.2, -0.15) is 5.10 Å². The molecule has 134 valence electrons. The van der Waals surface area contributed by atoms with Crippen LogP contribution in [0.2, 0.25) is 0 Å². The monoisotopic (exact) mass is 349 g/mol. The van der Waals surface area contributed by atoms with Crippen LogP contribution < -0.4 is 5.73 Å². The van der Waals surface area contributed by atoms with Crippen molar-refractivity contribution in [2.75, 3.05) is 13.1 Å². The van der Waals surface area contributed by atoms with E-state index in [0.717, 1.165) is 47.4 Å². The average molecular weight is 349 g/mol. The van der Waals surface area contributed by atoms with E-state index in [2.05, 4.69) is 5.10 Å². The number of carbonyl (C=O) groups is 1. The molecule has 1 amide bonds. The molecule has 4 rings (SSSR count). The van der Waals surface area contributed by atoms with Crippen LogP contribution in [0.4, 0.5) is 0 Å². The quantitative estimate of drug-likeness (QED) is 0.788. The Kier molecular flexibility index (Phi) is 4.20. The molecule has 26 heavy (non-hydrogen) atoms. The Hall–Kier alpha value is -2.73. The third-order valence-electron chi connectivity index (χ3n) is 5.18. The van der Waals surface area contributed by atoms with Crippen molar-refractivity contribution < 1.29 is 4.79 Å². The molecular weight excluding hydrogens is 326 g/mol. The lowest BCUT2D eigenvalue weighted by Gasteiger charge is -2.24. The summed E-state index contributed by atoms with van der Waals surface area (Å²) in [5, 5.41) is 5.33. The minimum absolute atomic E-state index is 0.0265. The molecule has 2 N–H and O–H groups in total. The summed E-state index contributed by atoms with van der Waals surface area (Å²) >= 11 is 0. The van der Waals surface area contributed by atoms with Gasteiger partial charge >= 0.3 is 0 Å². The number of aryl methyl sites for hydroxylation is 2. The summed E-state index contributed by atoms with van der Waals surface area (Å²) in [4.78, 5) is 20.1. The van der Waals surface area contributed by atoms with E-state index in [1.165, 1.54) is 0 Å². The number of hydrogen-bond donors (Lipinski definition) is 1. The fourth-order valence-electron chi connectivity index (χ4n) is 3.87. The van der Waals surface area contributed by atoms with Gasteiger partial charge in [-0.25, -0.2) is 4.98 Å². The Morgan fingerprint density at radius 2 is 2.08 bits per heavy atom. The van der Waals surface area contributed by atoms with Crippen LogP contribution in [-0.2, 0) is 7.05 Å². The molecule has 1 atom stereocenters. The van der Waals surface area contributed by atoms with Gasteiger partial charge in [0.2, 0.25) is 0 Å². The van der Waals surface area contributed by atoms with E-state index in [4.69, 9.17) is 10.7 Å². The lowest BCUT2D eigenvalue weighted by molar-refractivity contribution is 0.0743. The number of benzene rings is 1. The van der Waals surface area contributed by atoms with Crippen molar-refractivity contribution in [2.45, 2.75) is 25.8 Å². The number of rotatable bonds is 3. The molecular formula is C20H23N5O. The normalized spacial score (nSPS) is 17.2. The topological polar surface area (TPSA) is 77.0 Å². The Labute approximate surface area is 152 Å². The lowest BCUT2D eigenvalue weighted by atomic mass is 10.0. The number of pyridine rings is 1. The van der Waals surface area contributed by atoms with E-state index in [1.807, 2.05) is 55.3 Å². The molecule has 6 heteroatoms. The van der Waals surface area contributed by atoms with Crippen LogP contribution >= 0.6 is 0 Å². The molecule has 0 aliphatic carbocycles. The second kappa shape index (κ2) is 6.53. The standard InChI is InChI=1S/C20H23N5O/c1-13-18-16(20(26)25-10-6-9-15(25)12-21)11-17(14-7-4-3-5-8-14)22-19(18)24(2)23-13/h3-5,7-8,11,15H,6,9-10,12,21H2,1-2H3/t15-/m0/s1. The highest BCUT2D eigenvalue weighted by atomic mass is 16.2. The van der Waals surface area contributed by atoms with Gasteiger partial charge in [0, 0.05) is 31.7 Å². The third kappa shape index (κ3) is 2.66. The maximum Gasteiger partial charge on any atom is 0.255 e.